The largest absolute Gasteiger partial charge is 0.465 e. The minimum Gasteiger partial charge on any atom is -0.465 e. The predicted molar refractivity (Wildman–Crippen MR) is 239 cm³/mol. The average Bonchev–Trinajstić information content (AvgIpc) is 3.25. The zero-order valence-corrected chi connectivity index (χ0v) is 36.9. The second-order valence-electron chi connectivity index (χ2n) is 14.9. The molecule has 1 aliphatic rings. The molecule has 4 rings (SSSR count). The van der Waals surface area contributed by atoms with Crippen molar-refractivity contribution in [2.45, 2.75) is 51.2 Å². The molecule has 0 bridgehead atoms. The Balaban J connectivity index is 1.31. The molecule has 0 saturated carbocycles. The van der Waals surface area contributed by atoms with Gasteiger partial charge in [-0.1, -0.05) is 104 Å². The summed E-state index contributed by atoms with van der Waals surface area (Å²) in [5.74, 6) is -0.00213. The molecule has 0 unspecified atom stereocenters. The van der Waals surface area contributed by atoms with Crippen LogP contribution in [0.4, 0.5) is 0 Å². The van der Waals surface area contributed by atoms with Crippen molar-refractivity contribution in [3.8, 4) is 0 Å². The minimum absolute atomic E-state index is 0.0505. The fraction of sp³-hybridized carbons (Fsp3) is 0.532. The molecular weight excluding hydrogens is 779 g/mol. The van der Waals surface area contributed by atoms with Gasteiger partial charge in [0.25, 0.3) is 0 Å². The van der Waals surface area contributed by atoms with Gasteiger partial charge in [0, 0.05) is 58.9 Å². The van der Waals surface area contributed by atoms with Crippen LogP contribution in [0.3, 0.4) is 0 Å². The quantitative estimate of drug-likeness (QED) is 0.0612. The Kier molecular flexibility index (Phi) is 22.2. The molecule has 0 aromatic heterocycles. The summed E-state index contributed by atoms with van der Waals surface area (Å²) < 4.78 is 15.4. The summed E-state index contributed by atoms with van der Waals surface area (Å²) >= 11 is 1.99. The van der Waals surface area contributed by atoms with Gasteiger partial charge in [-0.3, -0.25) is 38.8 Å². The number of benzene rings is 3. The van der Waals surface area contributed by atoms with Crippen molar-refractivity contribution in [3.63, 3.8) is 0 Å². The smallest absolute Gasteiger partial charge is 0.320 e. The third kappa shape index (κ3) is 16.6. The third-order valence-corrected chi connectivity index (χ3v) is 12.2. The number of thioether (sulfide) groups is 1. The number of carbonyl (C=O) groups is 4. The van der Waals surface area contributed by atoms with Crippen LogP contribution in [0.1, 0.15) is 63.1 Å². The topological polar surface area (TPSA) is 121 Å². The third-order valence-electron chi connectivity index (χ3n) is 10.5. The number of hydrogen-bond donors (Lipinski definition) is 1. The Labute approximate surface area is 362 Å². The lowest BCUT2D eigenvalue weighted by molar-refractivity contribution is -0.146. The van der Waals surface area contributed by atoms with E-state index in [1.165, 1.54) is 16.7 Å². The van der Waals surface area contributed by atoms with Gasteiger partial charge >= 0.3 is 17.9 Å². The van der Waals surface area contributed by atoms with Crippen LogP contribution in [0.15, 0.2) is 91.0 Å². The Bertz CT molecular complexity index is 1550. The molecule has 60 heavy (non-hydrogen) atoms. The maximum Gasteiger partial charge on any atom is 0.320 e. The van der Waals surface area contributed by atoms with Gasteiger partial charge in [-0.05, 0) is 56.1 Å². The second kappa shape index (κ2) is 27.6. The molecule has 1 saturated heterocycles. The molecule has 1 amide bonds. The van der Waals surface area contributed by atoms with Gasteiger partial charge in [0.15, 0.2) is 0 Å². The number of amides is 1. The van der Waals surface area contributed by atoms with E-state index >= 15 is 0 Å². The predicted octanol–water partition coefficient (Wildman–Crippen LogP) is 5.30. The molecule has 0 atom stereocenters. The number of rotatable bonds is 22. The van der Waals surface area contributed by atoms with E-state index in [1.54, 1.807) is 20.8 Å². The van der Waals surface area contributed by atoms with Crippen molar-refractivity contribution in [3.05, 3.63) is 108 Å². The average molecular weight is 846 g/mol. The number of esters is 3. The number of nitrogens with one attached hydrogen (secondary N) is 1. The van der Waals surface area contributed by atoms with Gasteiger partial charge in [0.1, 0.15) is 0 Å². The van der Waals surface area contributed by atoms with Gasteiger partial charge < -0.3 is 19.5 Å². The van der Waals surface area contributed by atoms with Crippen molar-refractivity contribution >= 4 is 35.6 Å². The number of carbonyl (C=O) groups excluding carboxylic acids is 4. The second-order valence-corrected chi connectivity index (χ2v) is 16.2. The summed E-state index contributed by atoms with van der Waals surface area (Å²) in [7, 11) is 0. The number of ether oxygens (including phenoxy) is 3. The SMILES string of the molecule is CCOC(=O)CN1CCN(CC(=O)NCCCCCCSC(c2ccccc2)(c2ccccc2)c2ccccc2)CCN(CC(=O)OCC)CCN(CC(=O)OCC)CC1. The zero-order valence-electron chi connectivity index (χ0n) is 36.1. The summed E-state index contributed by atoms with van der Waals surface area (Å²) in [6.07, 6.45) is 4.03. The van der Waals surface area contributed by atoms with Gasteiger partial charge in [-0.2, -0.15) is 0 Å². The standard InChI is InChI=1S/C47H67N5O7S/c1-4-57-44(54)37-50-29-27-49(28-30-51(38-45(55)58-5-2)32-34-52(33-31-50)39-46(56)59-6-3)36-43(53)48-26-18-7-8-19-35-60-47(40-20-12-9-13-21-40,41-22-14-10-15-23-41)42-24-16-11-17-25-42/h9-17,20-25H,4-8,18-19,26-39H2,1-3H3,(H,48,53). The van der Waals surface area contributed by atoms with Gasteiger partial charge in [-0.25, -0.2) is 0 Å². The minimum atomic E-state index is -0.323. The molecule has 3 aromatic rings. The van der Waals surface area contributed by atoms with Crippen LogP contribution >= 0.6 is 11.8 Å². The lowest BCUT2D eigenvalue weighted by atomic mass is 9.84. The van der Waals surface area contributed by atoms with Crippen molar-refractivity contribution in [2.24, 2.45) is 0 Å². The van der Waals surface area contributed by atoms with Crippen LogP contribution in [0.25, 0.3) is 0 Å². The van der Waals surface area contributed by atoms with E-state index in [0.29, 0.717) is 78.7 Å². The first kappa shape index (κ1) is 48.4. The van der Waals surface area contributed by atoms with E-state index < -0.39 is 0 Å². The molecule has 1 N–H and O–H groups in total. The highest BCUT2D eigenvalue weighted by atomic mass is 32.2. The fourth-order valence-electron chi connectivity index (χ4n) is 7.44. The fourth-order valence-corrected chi connectivity index (χ4v) is 9.00. The van der Waals surface area contributed by atoms with Crippen molar-refractivity contribution in [1.82, 2.24) is 24.9 Å². The summed E-state index contributed by atoms with van der Waals surface area (Å²) in [6.45, 7) is 11.5. The van der Waals surface area contributed by atoms with Crippen molar-refractivity contribution in [1.29, 1.82) is 0 Å². The zero-order chi connectivity index (χ0) is 42.8. The van der Waals surface area contributed by atoms with Crippen molar-refractivity contribution < 1.29 is 33.4 Å². The normalized spacial score (nSPS) is 15.3. The molecule has 1 fully saturated rings. The molecular formula is C47H67N5O7S. The Morgan fingerprint density at radius 2 is 0.833 bits per heavy atom. The van der Waals surface area contributed by atoms with E-state index in [2.05, 4.69) is 101 Å². The van der Waals surface area contributed by atoms with Crippen molar-refractivity contribution in [2.75, 3.05) is 111 Å². The first-order valence-electron chi connectivity index (χ1n) is 21.7. The number of hydrogen-bond acceptors (Lipinski definition) is 12. The highest BCUT2D eigenvalue weighted by Crippen LogP contribution is 2.48. The van der Waals surface area contributed by atoms with Gasteiger partial charge in [0.2, 0.25) is 5.91 Å². The van der Waals surface area contributed by atoms with E-state index in [1.807, 2.05) is 26.5 Å². The summed E-state index contributed by atoms with van der Waals surface area (Å²) in [5, 5.41) is 3.14. The first-order valence-corrected chi connectivity index (χ1v) is 22.7. The first-order chi connectivity index (χ1) is 29.3. The highest BCUT2D eigenvalue weighted by molar-refractivity contribution is 8.00. The van der Waals surface area contributed by atoms with Crippen LogP contribution < -0.4 is 5.32 Å². The van der Waals surface area contributed by atoms with Crippen LogP contribution in [-0.2, 0) is 38.1 Å². The Morgan fingerprint density at radius 3 is 1.18 bits per heavy atom. The summed E-state index contributed by atoms with van der Waals surface area (Å²) in [6, 6.07) is 32.3. The molecule has 12 nitrogen and oxygen atoms in total. The molecule has 328 valence electrons. The molecule has 3 aromatic carbocycles. The Morgan fingerprint density at radius 1 is 0.500 bits per heavy atom. The van der Waals surface area contributed by atoms with Gasteiger partial charge in [0.05, 0.1) is 50.7 Å². The van der Waals surface area contributed by atoms with Crippen LogP contribution in [0.2, 0.25) is 0 Å². The molecule has 0 aliphatic carbocycles. The molecule has 0 spiro atoms. The van der Waals surface area contributed by atoms with E-state index in [-0.39, 0.29) is 54.7 Å². The Hall–Kier alpha value is -4.27. The van der Waals surface area contributed by atoms with E-state index in [4.69, 9.17) is 14.2 Å². The van der Waals surface area contributed by atoms with Crippen LogP contribution in [-0.4, -0.2) is 154 Å². The lowest BCUT2D eigenvalue weighted by Gasteiger charge is -2.35. The summed E-state index contributed by atoms with van der Waals surface area (Å²) in [5.41, 5.74) is 3.80. The molecule has 1 aliphatic heterocycles. The highest BCUT2D eigenvalue weighted by Gasteiger charge is 2.36. The molecule has 1 heterocycles. The molecule has 13 heteroatoms. The molecule has 0 radical (unpaired) electrons. The number of unbranched alkanes of at least 4 members (excludes halogenated alkanes) is 3. The summed E-state index contributed by atoms with van der Waals surface area (Å²) in [4.78, 5) is 59.0. The van der Waals surface area contributed by atoms with Crippen LogP contribution in [0, 0.1) is 0 Å². The van der Waals surface area contributed by atoms with E-state index in [0.717, 1.165) is 31.4 Å². The maximum atomic E-state index is 13.3. The van der Waals surface area contributed by atoms with E-state index in [9.17, 15) is 19.2 Å². The number of nitrogens with zero attached hydrogens (tertiary/aromatic N) is 4. The van der Waals surface area contributed by atoms with Crippen LogP contribution in [0.5, 0.6) is 0 Å². The lowest BCUT2D eigenvalue weighted by Crippen LogP contribution is -2.50. The monoisotopic (exact) mass is 845 g/mol. The van der Waals surface area contributed by atoms with Gasteiger partial charge in [-0.15, -0.1) is 11.8 Å². The maximum absolute atomic E-state index is 13.3.